The second-order valence-electron chi connectivity index (χ2n) is 6.45. The molecule has 3 nitrogen and oxygen atoms in total. The lowest BCUT2D eigenvalue weighted by Gasteiger charge is -2.06. The number of carbonyl (C=O) groups excluding carboxylic acids is 1. The molecule has 3 heterocycles. The van der Waals surface area contributed by atoms with Gasteiger partial charge in [-0.05, 0) is 35.4 Å². The van der Waals surface area contributed by atoms with Crippen molar-refractivity contribution in [3.05, 3.63) is 101 Å². The molecule has 2 aromatic heterocycles. The van der Waals surface area contributed by atoms with E-state index in [1.165, 1.54) is 0 Å². The molecule has 0 amide bonds. The Bertz CT molecular complexity index is 1120. The van der Waals surface area contributed by atoms with Crippen LogP contribution in [0.2, 0.25) is 5.02 Å². The minimum atomic E-state index is 0.0705. The molecule has 0 radical (unpaired) electrons. The Morgan fingerprint density at radius 1 is 0.885 bits per heavy atom. The molecular formula is C22H15ClN2O. The summed E-state index contributed by atoms with van der Waals surface area (Å²) in [7, 11) is 0. The molecule has 0 atom stereocenters. The van der Waals surface area contributed by atoms with Crippen LogP contribution in [0.3, 0.4) is 0 Å². The lowest BCUT2D eigenvalue weighted by Crippen LogP contribution is -2.07. The van der Waals surface area contributed by atoms with Crippen LogP contribution < -0.4 is 0 Å². The number of nitrogens with zero attached hydrogens (tertiary/aromatic N) is 2. The first-order valence-electron chi connectivity index (χ1n) is 8.48. The predicted octanol–water partition coefficient (Wildman–Crippen LogP) is 5.19. The molecule has 1 aliphatic heterocycles. The van der Waals surface area contributed by atoms with Crippen molar-refractivity contribution in [2.45, 2.75) is 6.54 Å². The lowest BCUT2D eigenvalue weighted by molar-refractivity contribution is 0.103. The number of benzene rings is 2. The number of aromatic nitrogens is 2. The Hall–Kier alpha value is -3.04. The van der Waals surface area contributed by atoms with Crippen LogP contribution in [0, 0.1) is 0 Å². The fourth-order valence-electron chi connectivity index (χ4n) is 3.65. The van der Waals surface area contributed by atoms with Gasteiger partial charge >= 0.3 is 0 Å². The third-order valence-corrected chi connectivity index (χ3v) is 5.09. The number of halogens is 1. The number of rotatable bonds is 3. The van der Waals surface area contributed by atoms with Crippen LogP contribution >= 0.6 is 11.6 Å². The third-order valence-electron chi connectivity index (χ3n) is 4.84. The maximum Gasteiger partial charge on any atom is 0.228 e. The van der Waals surface area contributed by atoms with Crippen molar-refractivity contribution in [3.63, 3.8) is 0 Å². The fourth-order valence-corrected chi connectivity index (χ4v) is 3.78. The molecule has 4 heteroatoms. The summed E-state index contributed by atoms with van der Waals surface area (Å²) >= 11 is 6.05. The third kappa shape index (κ3) is 2.25. The van der Waals surface area contributed by atoms with E-state index in [2.05, 4.69) is 22.9 Å². The minimum Gasteiger partial charge on any atom is -0.338 e. The van der Waals surface area contributed by atoms with Crippen molar-refractivity contribution in [3.8, 4) is 16.8 Å². The monoisotopic (exact) mass is 358 g/mol. The van der Waals surface area contributed by atoms with Gasteiger partial charge in [-0.2, -0.15) is 0 Å². The van der Waals surface area contributed by atoms with Crippen molar-refractivity contribution < 1.29 is 4.79 Å². The van der Waals surface area contributed by atoms with E-state index in [-0.39, 0.29) is 5.78 Å². The van der Waals surface area contributed by atoms with E-state index in [9.17, 15) is 4.79 Å². The Morgan fingerprint density at radius 2 is 1.65 bits per heavy atom. The molecule has 4 aromatic rings. The highest BCUT2D eigenvalue weighted by atomic mass is 35.5. The summed E-state index contributed by atoms with van der Waals surface area (Å²) in [6, 6.07) is 21.7. The molecule has 0 bridgehead atoms. The van der Waals surface area contributed by atoms with Crippen LogP contribution in [0.25, 0.3) is 16.8 Å². The molecule has 0 spiro atoms. The van der Waals surface area contributed by atoms with E-state index in [1.807, 2.05) is 65.4 Å². The topological polar surface area (TPSA) is 26.9 Å². The molecule has 2 aromatic carbocycles. The molecule has 0 saturated heterocycles. The second kappa shape index (κ2) is 5.75. The fraction of sp³-hybridized carbons (Fsp3) is 0.0455. The van der Waals surface area contributed by atoms with E-state index < -0.39 is 0 Å². The van der Waals surface area contributed by atoms with E-state index in [1.54, 1.807) is 0 Å². The van der Waals surface area contributed by atoms with E-state index in [4.69, 9.17) is 11.6 Å². The Labute approximate surface area is 156 Å². The molecule has 0 fully saturated rings. The highest BCUT2D eigenvalue weighted by molar-refractivity contribution is 6.30. The summed E-state index contributed by atoms with van der Waals surface area (Å²) in [6.07, 6.45) is 4.02. The van der Waals surface area contributed by atoms with Crippen LogP contribution in [-0.2, 0) is 6.54 Å². The van der Waals surface area contributed by atoms with Crippen LogP contribution in [0.5, 0.6) is 0 Å². The van der Waals surface area contributed by atoms with Gasteiger partial charge in [0.1, 0.15) is 5.69 Å². The van der Waals surface area contributed by atoms with Gasteiger partial charge in [0.15, 0.2) is 0 Å². The molecule has 126 valence electrons. The van der Waals surface area contributed by atoms with Gasteiger partial charge in [0.2, 0.25) is 5.78 Å². The molecule has 5 rings (SSSR count). The van der Waals surface area contributed by atoms with Crippen LogP contribution in [0.15, 0.2) is 79.1 Å². The first-order valence-corrected chi connectivity index (χ1v) is 8.85. The zero-order valence-corrected chi connectivity index (χ0v) is 14.6. The predicted molar refractivity (Wildman–Crippen MR) is 103 cm³/mol. The summed E-state index contributed by atoms with van der Waals surface area (Å²) in [5, 5.41) is 0.701. The maximum atomic E-state index is 13.0. The summed E-state index contributed by atoms with van der Waals surface area (Å²) in [5.41, 5.74) is 5.66. The quantitative estimate of drug-likeness (QED) is 0.436. The Kier molecular flexibility index (Phi) is 3.37. The van der Waals surface area contributed by atoms with Crippen LogP contribution in [0.1, 0.15) is 21.7 Å². The van der Waals surface area contributed by atoms with Crippen molar-refractivity contribution in [1.82, 2.24) is 9.13 Å². The summed E-state index contributed by atoms with van der Waals surface area (Å²) in [4.78, 5) is 13.0. The first kappa shape index (κ1) is 15.2. The van der Waals surface area contributed by atoms with Crippen molar-refractivity contribution >= 4 is 17.4 Å². The van der Waals surface area contributed by atoms with Gasteiger partial charge in [-0.25, -0.2) is 0 Å². The Balaban J connectivity index is 1.72. The number of hydrogen-bond acceptors (Lipinski definition) is 1. The van der Waals surface area contributed by atoms with Gasteiger partial charge in [0.25, 0.3) is 0 Å². The Morgan fingerprint density at radius 3 is 2.42 bits per heavy atom. The highest BCUT2D eigenvalue weighted by Gasteiger charge is 2.33. The second-order valence-corrected chi connectivity index (χ2v) is 6.89. The molecule has 26 heavy (non-hydrogen) atoms. The molecule has 0 aliphatic carbocycles. The minimum absolute atomic E-state index is 0.0705. The smallest absolute Gasteiger partial charge is 0.228 e. The molecular weight excluding hydrogens is 344 g/mol. The van der Waals surface area contributed by atoms with Gasteiger partial charge in [-0.3, -0.25) is 4.79 Å². The summed E-state index contributed by atoms with van der Waals surface area (Å²) in [6.45, 7) is 0.660. The molecule has 0 unspecified atom stereocenters. The summed E-state index contributed by atoms with van der Waals surface area (Å²) in [5.74, 6) is 0.0705. The molecule has 0 saturated carbocycles. The average Bonchev–Trinajstić information content (AvgIpc) is 3.32. The van der Waals surface area contributed by atoms with E-state index in [0.717, 1.165) is 28.1 Å². The van der Waals surface area contributed by atoms with Gasteiger partial charge in [0.05, 0.1) is 11.4 Å². The normalized spacial score (nSPS) is 12.3. The zero-order valence-electron chi connectivity index (χ0n) is 13.9. The number of fused-ring (bicyclic) bond motifs is 3. The summed E-state index contributed by atoms with van der Waals surface area (Å²) < 4.78 is 4.05. The number of ketones is 1. The van der Waals surface area contributed by atoms with Gasteiger partial charge in [-0.1, -0.05) is 54.1 Å². The van der Waals surface area contributed by atoms with Crippen LogP contribution in [0.4, 0.5) is 0 Å². The van der Waals surface area contributed by atoms with Gasteiger partial charge < -0.3 is 9.13 Å². The molecule has 0 N–H and O–H groups in total. The van der Waals surface area contributed by atoms with Gasteiger partial charge in [-0.15, -0.1) is 0 Å². The van der Waals surface area contributed by atoms with Gasteiger partial charge in [0, 0.05) is 29.5 Å². The van der Waals surface area contributed by atoms with Crippen molar-refractivity contribution in [2.75, 3.05) is 0 Å². The maximum absolute atomic E-state index is 13.0. The average molecular weight is 359 g/mol. The standard InChI is InChI=1S/C22H15ClN2O/c23-17-10-8-16(9-11-17)18-14-24(13-15-5-2-1-3-6-15)21-20(18)25-12-4-7-19(25)22(21)26/h1-12,14H,13H2. The lowest BCUT2D eigenvalue weighted by atomic mass is 10.1. The van der Waals surface area contributed by atoms with Crippen LogP contribution in [-0.4, -0.2) is 14.9 Å². The zero-order chi connectivity index (χ0) is 17.7. The largest absolute Gasteiger partial charge is 0.338 e. The highest BCUT2D eigenvalue weighted by Crippen LogP contribution is 2.38. The van der Waals surface area contributed by atoms with Crippen molar-refractivity contribution in [1.29, 1.82) is 0 Å². The van der Waals surface area contributed by atoms with E-state index >= 15 is 0 Å². The van der Waals surface area contributed by atoms with E-state index in [0.29, 0.717) is 17.3 Å². The number of carbonyl (C=O) groups is 1. The first-order chi connectivity index (χ1) is 12.7. The van der Waals surface area contributed by atoms with Crippen molar-refractivity contribution in [2.24, 2.45) is 0 Å². The SMILES string of the molecule is O=C1c2c(c(-c3ccc(Cl)cc3)cn2Cc2ccccc2)-n2cccc21. The molecule has 1 aliphatic rings. The number of hydrogen-bond donors (Lipinski definition) is 0.